The molecule has 23 heavy (non-hydrogen) atoms. The van der Waals surface area contributed by atoms with Crippen LogP contribution in [0.5, 0.6) is 5.88 Å². The smallest absolute Gasteiger partial charge is 0.218 e. The van der Waals surface area contributed by atoms with Gasteiger partial charge in [-0.05, 0) is 32.2 Å². The van der Waals surface area contributed by atoms with E-state index in [1.54, 1.807) is 22.3 Å². The second kappa shape index (κ2) is 6.59. The Kier molecular flexibility index (Phi) is 4.71. The number of aromatic nitrogens is 3. The van der Waals surface area contributed by atoms with Crippen LogP contribution in [0.3, 0.4) is 0 Å². The average molecular weight is 368 g/mol. The third-order valence-corrected chi connectivity index (χ3v) is 4.56. The fourth-order valence-corrected chi connectivity index (χ4v) is 3.48. The summed E-state index contributed by atoms with van der Waals surface area (Å²) in [6.45, 7) is 4.43. The van der Waals surface area contributed by atoms with Crippen molar-refractivity contribution in [3.05, 3.63) is 40.0 Å². The summed E-state index contributed by atoms with van der Waals surface area (Å²) in [5.41, 5.74) is 3.33. The van der Waals surface area contributed by atoms with E-state index >= 15 is 0 Å². The van der Waals surface area contributed by atoms with E-state index in [2.05, 4.69) is 10.1 Å². The molecule has 7 heteroatoms. The summed E-state index contributed by atoms with van der Waals surface area (Å²) in [6, 6.07) is 7.31. The maximum Gasteiger partial charge on any atom is 0.218 e. The highest BCUT2D eigenvalue weighted by Gasteiger charge is 2.20. The van der Waals surface area contributed by atoms with E-state index in [0.29, 0.717) is 22.5 Å². The maximum absolute atomic E-state index is 6.40. The molecule has 0 aliphatic rings. The van der Waals surface area contributed by atoms with Gasteiger partial charge in [-0.15, -0.1) is 11.8 Å². The van der Waals surface area contributed by atoms with E-state index in [-0.39, 0.29) is 0 Å². The van der Waals surface area contributed by atoms with Gasteiger partial charge in [0.05, 0.1) is 17.2 Å². The van der Waals surface area contributed by atoms with Crippen LogP contribution >= 0.6 is 35.0 Å². The van der Waals surface area contributed by atoms with Gasteiger partial charge in [-0.25, -0.2) is 4.98 Å². The molecular weight excluding hydrogens is 353 g/mol. The molecule has 0 aliphatic carbocycles. The van der Waals surface area contributed by atoms with Crippen molar-refractivity contribution < 1.29 is 4.74 Å². The van der Waals surface area contributed by atoms with Crippen LogP contribution in [-0.4, -0.2) is 27.5 Å². The molecule has 0 fully saturated rings. The van der Waals surface area contributed by atoms with Crippen molar-refractivity contribution in [2.75, 3.05) is 12.9 Å². The lowest BCUT2D eigenvalue weighted by molar-refractivity contribution is 0.316. The van der Waals surface area contributed by atoms with E-state index < -0.39 is 0 Å². The molecule has 120 valence electrons. The van der Waals surface area contributed by atoms with Gasteiger partial charge >= 0.3 is 0 Å². The molecule has 0 bridgehead atoms. The van der Waals surface area contributed by atoms with Gasteiger partial charge in [-0.1, -0.05) is 29.3 Å². The molecular formula is C16H15Cl2N3OS. The van der Waals surface area contributed by atoms with Crippen molar-refractivity contribution in [1.29, 1.82) is 0 Å². The fourth-order valence-electron chi connectivity index (χ4n) is 2.41. The lowest BCUT2D eigenvalue weighted by atomic mass is 10.1. The third-order valence-electron chi connectivity index (χ3n) is 3.34. The third kappa shape index (κ3) is 3.01. The van der Waals surface area contributed by atoms with Gasteiger partial charge in [0.2, 0.25) is 5.88 Å². The highest BCUT2D eigenvalue weighted by atomic mass is 35.5. The molecule has 0 aliphatic heterocycles. The van der Waals surface area contributed by atoms with E-state index in [0.717, 1.165) is 27.5 Å². The van der Waals surface area contributed by atoms with Crippen molar-refractivity contribution in [3.63, 3.8) is 0 Å². The Morgan fingerprint density at radius 1 is 1.26 bits per heavy atom. The Hall–Kier alpha value is -1.43. The van der Waals surface area contributed by atoms with Crippen LogP contribution in [0.25, 0.3) is 16.8 Å². The number of aryl methyl sites for hydroxylation is 1. The number of rotatable bonds is 4. The van der Waals surface area contributed by atoms with Gasteiger partial charge in [0, 0.05) is 22.3 Å². The number of nitrogens with zero attached hydrogens (tertiary/aromatic N) is 3. The quantitative estimate of drug-likeness (QED) is 0.599. The van der Waals surface area contributed by atoms with Crippen LogP contribution in [0.4, 0.5) is 0 Å². The van der Waals surface area contributed by atoms with Gasteiger partial charge in [0.1, 0.15) is 5.03 Å². The fraction of sp³-hybridized carbons (Fsp3) is 0.250. The Labute approximate surface area is 148 Å². The summed E-state index contributed by atoms with van der Waals surface area (Å²) in [5, 5.41) is 6.64. The number of thioether (sulfide) groups is 1. The summed E-state index contributed by atoms with van der Waals surface area (Å²) in [6.07, 6.45) is 1.97. The number of halogens is 2. The predicted octanol–water partition coefficient (Wildman–Crippen LogP) is 5.13. The monoisotopic (exact) mass is 367 g/mol. The summed E-state index contributed by atoms with van der Waals surface area (Å²) < 4.78 is 7.42. The second-order valence-corrected chi connectivity index (χ2v) is 6.55. The first-order valence-corrected chi connectivity index (χ1v) is 9.05. The Bertz CT molecular complexity index is 879. The SMILES string of the molecule is CCOc1cc(C)nc2c(-c3ccc(Cl)cc3Cl)c(SC)nn12. The summed E-state index contributed by atoms with van der Waals surface area (Å²) in [5.74, 6) is 0.668. The molecule has 1 aromatic carbocycles. The van der Waals surface area contributed by atoms with Crippen LogP contribution in [0.2, 0.25) is 10.0 Å². The zero-order chi connectivity index (χ0) is 16.6. The Morgan fingerprint density at radius 2 is 2.04 bits per heavy atom. The molecule has 0 radical (unpaired) electrons. The highest BCUT2D eigenvalue weighted by Crippen LogP contribution is 2.39. The summed E-state index contributed by atoms with van der Waals surface area (Å²) in [7, 11) is 0. The van der Waals surface area contributed by atoms with Gasteiger partial charge in [0.25, 0.3) is 0 Å². The maximum atomic E-state index is 6.40. The molecule has 3 rings (SSSR count). The zero-order valence-corrected chi connectivity index (χ0v) is 15.3. The van der Waals surface area contributed by atoms with E-state index in [1.165, 1.54) is 0 Å². The van der Waals surface area contributed by atoms with Gasteiger partial charge in [0.15, 0.2) is 5.65 Å². The van der Waals surface area contributed by atoms with Gasteiger partial charge in [-0.2, -0.15) is 9.61 Å². The minimum absolute atomic E-state index is 0.560. The zero-order valence-electron chi connectivity index (χ0n) is 12.9. The van der Waals surface area contributed by atoms with Gasteiger partial charge < -0.3 is 4.74 Å². The molecule has 0 saturated heterocycles. The van der Waals surface area contributed by atoms with Crippen LogP contribution < -0.4 is 4.74 Å². The molecule has 0 saturated carbocycles. The van der Waals surface area contributed by atoms with E-state index in [4.69, 9.17) is 27.9 Å². The van der Waals surface area contributed by atoms with Crippen LogP contribution in [0, 0.1) is 6.92 Å². The minimum atomic E-state index is 0.560. The Balaban J connectivity index is 2.35. The lowest BCUT2D eigenvalue weighted by Gasteiger charge is -2.08. The molecule has 2 heterocycles. The number of benzene rings is 1. The van der Waals surface area contributed by atoms with E-state index in [9.17, 15) is 0 Å². The van der Waals surface area contributed by atoms with Crippen LogP contribution in [-0.2, 0) is 0 Å². The molecule has 0 N–H and O–H groups in total. The van der Waals surface area contributed by atoms with Crippen molar-refractivity contribution in [2.24, 2.45) is 0 Å². The molecule has 2 aromatic heterocycles. The molecule has 4 nitrogen and oxygen atoms in total. The first-order chi connectivity index (χ1) is 11.0. The lowest BCUT2D eigenvalue weighted by Crippen LogP contribution is -2.02. The largest absolute Gasteiger partial charge is 0.478 e. The normalized spacial score (nSPS) is 11.2. The van der Waals surface area contributed by atoms with Crippen molar-refractivity contribution in [3.8, 4) is 17.0 Å². The van der Waals surface area contributed by atoms with Gasteiger partial charge in [-0.3, -0.25) is 0 Å². The van der Waals surface area contributed by atoms with Crippen molar-refractivity contribution >= 4 is 40.6 Å². The summed E-state index contributed by atoms with van der Waals surface area (Å²) >= 11 is 14.0. The number of ether oxygens (including phenoxy) is 1. The standard InChI is InChI=1S/C16H15Cl2N3OS/c1-4-22-13-7-9(2)19-15-14(16(23-3)20-21(13)15)11-6-5-10(17)8-12(11)18/h5-8H,4H2,1-3H3. The van der Waals surface area contributed by atoms with Crippen LogP contribution in [0.15, 0.2) is 29.3 Å². The van der Waals surface area contributed by atoms with Crippen molar-refractivity contribution in [2.45, 2.75) is 18.9 Å². The average Bonchev–Trinajstić information content (AvgIpc) is 2.86. The van der Waals surface area contributed by atoms with Crippen molar-refractivity contribution in [1.82, 2.24) is 14.6 Å². The molecule has 3 aromatic rings. The number of hydrogen-bond donors (Lipinski definition) is 0. The molecule has 0 unspecified atom stereocenters. The minimum Gasteiger partial charge on any atom is -0.478 e. The summed E-state index contributed by atoms with van der Waals surface area (Å²) in [4.78, 5) is 4.64. The number of fused-ring (bicyclic) bond motifs is 1. The molecule has 0 atom stereocenters. The number of hydrogen-bond acceptors (Lipinski definition) is 4. The van der Waals surface area contributed by atoms with Crippen LogP contribution in [0.1, 0.15) is 12.6 Å². The second-order valence-electron chi connectivity index (χ2n) is 4.91. The first kappa shape index (κ1) is 16.4. The topological polar surface area (TPSA) is 39.4 Å². The highest BCUT2D eigenvalue weighted by molar-refractivity contribution is 7.98. The molecule has 0 spiro atoms. The molecule has 0 amide bonds. The first-order valence-electron chi connectivity index (χ1n) is 7.07. The Morgan fingerprint density at radius 3 is 2.70 bits per heavy atom. The predicted molar refractivity (Wildman–Crippen MR) is 96.1 cm³/mol. The van der Waals surface area contributed by atoms with E-state index in [1.807, 2.05) is 38.3 Å².